The molecular formula is C19H24N4O3S. The van der Waals surface area contributed by atoms with E-state index >= 15 is 0 Å². The highest BCUT2D eigenvalue weighted by molar-refractivity contribution is 7.89. The first-order valence-electron chi connectivity index (χ1n) is 9.09. The van der Waals surface area contributed by atoms with Gasteiger partial charge in [-0.3, -0.25) is 0 Å². The van der Waals surface area contributed by atoms with Gasteiger partial charge in [-0.25, -0.2) is 13.4 Å². The summed E-state index contributed by atoms with van der Waals surface area (Å²) in [6.45, 7) is 2.34. The molecular weight excluding hydrogens is 364 g/mol. The Bertz CT molecular complexity index is 983. The van der Waals surface area contributed by atoms with Crippen LogP contribution in [0.4, 0.5) is 5.69 Å². The summed E-state index contributed by atoms with van der Waals surface area (Å²) in [6, 6.07) is 5.52. The maximum Gasteiger partial charge on any atom is 0.262 e. The standard InChI is InChI=1S/C19H24N4O3S/c1-3-4-13-5-6-16-15(9-13)19-14(17(11-24)21-16)7-8-23(19)27(25,26)18-10-22(2)12-20-18/h3-6,9-10,12,14,17,19,21,24H,7-8,11H2,1-2H3/b4-3+/t14-,17+,19-/m1/s1. The molecule has 8 heteroatoms. The van der Waals surface area contributed by atoms with Crippen LogP contribution in [0, 0.1) is 5.92 Å². The van der Waals surface area contributed by atoms with E-state index in [-0.39, 0.29) is 29.6 Å². The van der Waals surface area contributed by atoms with Gasteiger partial charge >= 0.3 is 0 Å². The van der Waals surface area contributed by atoms with Crippen molar-refractivity contribution in [1.29, 1.82) is 0 Å². The van der Waals surface area contributed by atoms with E-state index in [9.17, 15) is 13.5 Å². The third-order valence-electron chi connectivity index (χ3n) is 5.46. The third kappa shape index (κ3) is 2.97. The summed E-state index contributed by atoms with van der Waals surface area (Å²) in [4.78, 5) is 4.07. The summed E-state index contributed by atoms with van der Waals surface area (Å²) < 4.78 is 29.7. The number of anilines is 1. The number of hydrogen-bond donors (Lipinski definition) is 2. The van der Waals surface area contributed by atoms with Crippen LogP contribution in [0.5, 0.6) is 0 Å². The minimum atomic E-state index is -3.71. The van der Waals surface area contributed by atoms with E-state index in [1.54, 1.807) is 15.9 Å². The largest absolute Gasteiger partial charge is 0.394 e. The Hall–Kier alpha value is -2.16. The van der Waals surface area contributed by atoms with Crippen LogP contribution in [0.2, 0.25) is 0 Å². The minimum Gasteiger partial charge on any atom is -0.394 e. The second-order valence-electron chi connectivity index (χ2n) is 7.17. The second-order valence-corrected chi connectivity index (χ2v) is 9.01. The van der Waals surface area contributed by atoms with Gasteiger partial charge in [0.25, 0.3) is 10.0 Å². The molecule has 0 amide bonds. The lowest BCUT2D eigenvalue weighted by Gasteiger charge is -2.38. The summed E-state index contributed by atoms with van der Waals surface area (Å²) >= 11 is 0. The first-order chi connectivity index (χ1) is 13.0. The van der Waals surface area contributed by atoms with Gasteiger partial charge in [-0.1, -0.05) is 18.2 Å². The van der Waals surface area contributed by atoms with Crippen LogP contribution in [0.1, 0.15) is 30.5 Å². The summed E-state index contributed by atoms with van der Waals surface area (Å²) in [5.74, 6) is 0.0156. The topological polar surface area (TPSA) is 87.5 Å². The fraction of sp³-hybridized carbons (Fsp3) is 0.421. The van der Waals surface area contributed by atoms with Crippen molar-refractivity contribution in [2.75, 3.05) is 18.5 Å². The first kappa shape index (κ1) is 18.2. The van der Waals surface area contributed by atoms with Gasteiger partial charge in [0.1, 0.15) is 0 Å². The number of allylic oxidation sites excluding steroid dienone is 1. The molecule has 0 radical (unpaired) electrons. The molecule has 1 aromatic carbocycles. The molecule has 144 valence electrons. The zero-order chi connectivity index (χ0) is 19.2. The Balaban J connectivity index is 1.82. The summed E-state index contributed by atoms with van der Waals surface area (Å²) in [7, 11) is -1.96. The molecule has 0 spiro atoms. The average molecular weight is 388 g/mol. The van der Waals surface area contributed by atoms with Gasteiger partial charge in [-0.15, -0.1) is 0 Å². The normalized spacial score (nSPS) is 25.4. The first-order valence-corrected chi connectivity index (χ1v) is 10.5. The summed E-state index contributed by atoms with van der Waals surface area (Å²) in [5, 5.41) is 13.3. The van der Waals surface area contributed by atoms with E-state index in [2.05, 4.69) is 10.3 Å². The van der Waals surface area contributed by atoms with Crippen molar-refractivity contribution < 1.29 is 13.5 Å². The van der Waals surface area contributed by atoms with E-state index < -0.39 is 10.0 Å². The zero-order valence-corrected chi connectivity index (χ0v) is 16.2. The molecule has 3 atom stereocenters. The number of aliphatic hydroxyl groups is 1. The van der Waals surface area contributed by atoms with Gasteiger partial charge in [0, 0.05) is 31.4 Å². The summed E-state index contributed by atoms with van der Waals surface area (Å²) in [5.41, 5.74) is 2.87. The predicted molar refractivity (Wildman–Crippen MR) is 104 cm³/mol. The van der Waals surface area contributed by atoms with Crippen molar-refractivity contribution >= 4 is 21.8 Å². The van der Waals surface area contributed by atoms with Crippen LogP contribution >= 0.6 is 0 Å². The molecule has 1 saturated heterocycles. The number of benzene rings is 1. The molecule has 7 nitrogen and oxygen atoms in total. The molecule has 27 heavy (non-hydrogen) atoms. The quantitative estimate of drug-likeness (QED) is 0.836. The van der Waals surface area contributed by atoms with Crippen molar-refractivity contribution in [3.63, 3.8) is 0 Å². The van der Waals surface area contributed by atoms with Gasteiger partial charge in [-0.2, -0.15) is 4.31 Å². The highest BCUT2D eigenvalue weighted by atomic mass is 32.2. The Morgan fingerprint density at radius 3 is 2.89 bits per heavy atom. The van der Waals surface area contributed by atoms with Gasteiger partial charge in [-0.05, 0) is 36.6 Å². The van der Waals surface area contributed by atoms with Gasteiger partial charge in [0.05, 0.1) is 25.0 Å². The number of aryl methyl sites for hydroxylation is 1. The third-order valence-corrected chi connectivity index (χ3v) is 7.23. The molecule has 2 aromatic rings. The lowest BCUT2D eigenvalue weighted by atomic mass is 9.83. The van der Waals surface area contributed by atoms with Gasteiger partial charge in [0.2, 0.25) is 0 Å². The Morgan fingerprint density at radius 1 is 1.41 bits per heavy atom. The number of imidazole rings is 1. The van der Waals surface area contributed by atoms with E-state index in [0.717, 1.165) is 16.8 Å². The molecule has 0 unspecified atom stereocenters. The van der Waals surface area contributed by atoms with Gasteiger partial charge < -0.3 is 15.0 Å². The number of aliphatic hydroxyl groups excluding tert-OH is 1. The highest BCUT2D eigenvalue weighted by Gasteiger charge is 2.49. The number of sulfonamides is 1. The van der Waals surface area contributed by atoms with Crippen LogP contribution in [-0.2, 0) is 17.1 Å². The molecule has 2 aliphatic heterocycles. The number of aromatic nitrogens is 2. The lowest BCUT2D eigenvalue weighted by Crippen LogP contribution is -2.42. The molecule has 0 bridgehead atoms. The highest BCUT2D eigenvalue weighted by Crippen LogP contribution is 2.48. The monoisotopic (exact) mass is 388 g/mol. The van der Waals surface area contributed by atoms with Crippen LogP contribution < -0.4 is 5.32 Å². The van der Waals surface area contributed by atoms with E-state index in [1.807, 2.05) is 37.3 Å². The molecule has 3 heterocycles. The second kappa shape index (κ2) is 6.78. The number of nitrogens with zero attached hydrogens (tertiary/aromatic N) is 3. The maximum absolute atomic E-state index is 13.3. The fourth-order valence-corrected chi connectivity index (χ4v) is 5.88. The van der Waals surface area contributed by atoms with E-state index in [1.165, 1.54) is 12.5 Å². The van der Waals surface area contributed by atoms with Crippen LogP contribution in [0.25, 0.3) is 6.08 Å². The number of fused-ring (bicyclic) bond motifs is 3. The van der Waals surface area contributed by atoms with Crippen LogP contribution in [0.15, 0.2) is 41.8 Å². The summed E-state index contributed by atoms with van der Waals surface area (Å²) in [6.07, 6.45) is 7.69. The predicted octanol–water partition coefficient (Wildman–Crippen LogP) is 1.99. The smallest absolute Gasteiger partial charge is 0.262 e. The SMILES string of the molecule is C/C=C/c1ccc2c(c1)[C@H]1[C@H](CCN1S(=O)(=O)c1cn(C)cn1)[C@H](CO)N2. The molecule has 1 aromatic heterocycles. The van der Waals surface area contributed by atoms with Crippen LogP contribution in [0.3, 0.4) is 0 Å². The zero-order valence-electron chi connectivity index (χ0n) is 15.4. The average Bonchev–Trinajstić information content (AvgIpc) is 3.29. The van der Waals surface area contributed by atoms with E-state index in [0.29, 0.717) is 13.0 Å². The Kier molecular flexibility index (Phi) is 4.57. The molecule has 4 rings (SSSR count). The Labute approximate surface area is 159 Å². The number of nitrogens with one attached hydrogen (secondary N) is 1. The van der Waals surface area contributed by atoms with Crippen molar-refractivity contribution in [3.05, 3.63) is 47.9 Å². The molecule has 1 fully saturated rings. The number of rotatable bonds is 4. The minimum absolute atomic E-state index is 0.0156. The molecule has 2 N–H and O–H groups in total. The van der Waals surface area contributed by atoms with Crippen LogP contribution in [-0.4, -0.2) is 46.6 Å². The maximum atomic E-state index is 13.3. The fourth-order valence-electron chi connectivity index (χ4n) is 4.25. The van der Waals surface area contributed by atoms with Crippen molar-refractivity contribution in [3.8, 4) is 0 Å². The van der Waals surface area contributed by atoms with Crippen molar-refractivity contribution in [1.82, 2.24) is 13.9 Å². The Morgan fingerprint density at radius 2 is 2.22 bits per heavy atom. The molecule has 0 aliphatic carbocycles. The van der Waals surface area contributed by atoms with Crippen molar-refractivity contribution in [2.24, 2.45) is 13.0 Å². The van der Waals surface area contributed by atoms with E-state index in [4.69, 9.17) is 0 Å². The van der Waals surface area contributed by atoms with Crippen molar-refractivity contribution in [2.45, 2.75) is 30.5 Å². The molecule has 2 aliphatic rings. The van der Waals surface area contributed by atoms with Gasteiger partial charge in [0.15, 0.2) is 5.03 Å². The number of hydrogen-bond acceptors (Lipinski definition) is 5. The lowest BCUT2D eigenvalue weighted by molar-refractivity contribution is 0.210. The molecule has 0 saturated carbocycles.